The monoisotopic (exact) mass is 403 g/mol. The maximum atomic E-state index is 9.67. The molecule has 0 bridgehead atoms. The van der Waals surface area contributed by atoms with Crippen LogP contribution in [0, 0.1) is 0 Å². The first kappa shape index (κ1) is 19.8. The Hall–Kier alpha value is -3.52. The number of rotatable bonds is 6. The number of aromatic nitrogens is 4. The minimum Gasteiger partial charge on any atom is -0.392 e. The Kier molecular flexibility index (Phi) is 5.33. The average molecular weight is 403 g/mol. The summed E-state index contributed by atoms with van der Waals surface area (Å²) in [6, 6.07) is 0. The number of amidine groups is 1. The second kappa shape index (κ2) is 8.08. The molecule has 3 heterocycles. The minimum atomic E-state index is -0.123. The smallest absolute Gasteiger partial charge is 0.165 e. The van der Waals surface area contributed by atoms with Crippen LogP contribution < -0.4 is 5.73 Å². The zero-order valence-electron chi connectivity index (χ0n) is 17.0. The summed E-state index contributed by atoms with van der Waals surface area (Å²) in [6.45, 7) is 10.9. The number of hydrogen-bond acceptors (Lipinski definition) is 7. The number of fused-ring (bicyclic) bond motifs is 1. The molecule has 0 saturated heterocycles. The van der Waals surface area contributed by atoms with Crippen LogP contribution in [0.3, 0.4) is 0 Å². The van der Waals surface area contributed by atoms with Gasteiger partial charge in [-0.15, -0.1) is 0 Å². The summed E-state index contributed by atoms with van der Waals surface area (Å²) >= 11 is 0. The van der Waals surface area contributed by atoms with Crippen LogP contribution in [0.5, 0.6) is 0 Å². The molecule has 1 aliphatic carbocycles. The summed E-state index contributed by atoms with van der Waals surface area (Å²) in [4.78, 5) is 19.8. The number of nitrogen functional groups attached to an aromatic ring is 1. The van der Waals surface area contributed by atoms with Crippen molar-refractivity contribution in [2.24, 2.45) is 4.99 Å². The van der Waals surface area contributed by atoms with Crippen molar-refractivity contribution in [2.75, 3.05) is 18.9 Å². The molecule has 0 aromatic carbocycles. The Morgan fingerprint density at radius 1 is 1.27 bits per heavy atom. The lowest BCUT2D eigenvalue weighted by Gasteiger charge is -2.35. The Bertz CT molecular complexity index is 1150. The molecule has 0 atom stereocenters. The molecule has 0 spiro atoms. The molecular weight excluding hydrogens is 378 g/mol. The summed E-state index contributed by atoms with van der Waals surface area (Å²) in [5.74, 6) is 1.18. The number of aliphatic imine (C=N–C) groups is 1. The highest BCUT2D eigenvalue weighted by atomic mass is 16.3. The maximum absolute atomic E-state index is 9.67. The molecule has 2 aromatic heterocycles. The second-order valence-electron chi connectivity index (χ2n) is 7.30. The summed E-state index contributed by atoms with van der Waals surface area (Å²) < 4.78 is 1.91. The predicted octanol–water partition coefficient (Wildman–Crippen LogP) is 2.74. The third-order valence-corrected chi connectivity index (χ3v) is 5.39. The van der Waals surface area contributed by atoms with Crippen molar-refractivity contribution in [1.29, 1.82) is 0 Å². The van der Waals surface area contributed by atoms with Gasteiger partial charge in [0, 0.05) is 11.3 Å². The van der Waals surface area contributed by atoms with E-state index in [9.17, 15) is 5.11 Å². The summed E-state index contributed by atoms with van der Waals surface area (Å²) in [7, 11) is 0. The molecule has 0 unspecified atom stereocenters. The van der Waals surface area contributed by atoms with Crippen LogP contribution in [-0.4, -0.2) is 48.5 Å². The van der Waals surface area contributed by atoms with Gasteiger partial charge in [0.2, 0.25) is 0 Å². The molecule has 0 saturated carbocycles. The number of aliphatic hydroxyl groups is 1. The lowest BCUT2D eigenvalue weighted by molar-refractivity contribution is 0.331. The molecule has 2 aromatic rings. The van der Waals surface area contributed by atoms with Gasteiger partial charge in [0.25, 0.3) is 0 Å². The van der Waals surface area contributed by atoms with Gasteiger partial charge in [-0.2, -0.15) is 0 Å². The van der Waals surface area contributed by atoms with Crippen LogP contribution in [0.15, 0.2) is 77.1 Å². The Balaban J connectivity index is 1.80. The van der Waals surface area contributed by atoms with E-state index in [0.29, 0.717) is 35.6 Å². The molecule has 4 rings (SSSR count). The van der Waals surface area contributed by atoms with Crippen LogP contribution in [0.2, 0.25) is 0 Å². The number of nitrogens with zero attached hydrogens (tertiary/aromatic N) is 6. The number of aliphatic hydroxyl groups excluding tert-OH is 1. The third-order valence-electron chi connectivity index (χ3n) is 5.39. The van der Waals surface area contributed by atoms with Crippen LogP contribution >= 0.6 is 0 Å². The van der Waals surface area contributed by atoms with E-state index < -0.39 is 0 Å². The predicted molar refractivity (Wildman–Crippen MR) is 118 cm³/mol. The van der Waals surface area contributed by atoms with Crippen LogP contribution in [-0.2, 0) is 6.54 Å². The SMILES string of the molecule is C=CC1=C(C(=C)CO)CN(C2=CCCC=C2C)C(Cn2cnc3c(N)ncnc32)=N1. The molecule has 8 heteroatoms. The molecule has 8 nitrogen and oxygen atoms in total. The van der Waals surface area contributed by atoms with E-state index in [4.69, 9.17) is 10.7 Å². The second-order valence-corrected chi connectivity index (χ2v) is 7.30. The van der Waals surface area contributed by atoms with Crippen molar-refractivity contribution < 1.29 is 5.11 Å². The van der Waals surface area contributed by atoms with Gasteiger partial charge in [-0.25, -0.2) is 19.9 Å². The average Bonchev–Trinajstić information content (AvgIpc) is 3.17. The highest BCUT2D eigenvalue weighted by Gasteiger charge is 2.27. The van der Waals surface area contributed by atoms with Gasteiger partial charge in [0.15, 0.2) is 11.5 Å². The first-order valence-corrected chi connectivity index (χ1v) is 9.81. The van der Waals surface area contributed by atoms with Gasteiger partial charge in [-0.3, -0.25) is 0 Å². The Labute approximate surface area is 175 Å². The number of anilines is 1. The third kappa shape index (κ3) is 3.46. The fraction of sp³-hybridized carbons (Fsp3) is 0.273. The topological polar surface area (TPSA) is 105 Å². The van der Waals surface area contributed by atoms with E-state index >= 15 is 0 Å². The highest BCUT2D eigenvalue weighted by Crippen LogP contribution is 2.30. The molecule has 154 valence electrons. The maximum Gasteiger partial charge on any atom is 0.165 e. The van der Waals surface area contributed by atoms with Crippen molar-refractivity contribution in [3.05, 3.63) is 72.2 Å². The molecule has 2 aliphatic rings. The Morgan fingerprint density at radius 3 is 2.80 bits per heavy atom. The van der Waals surface area contributed by atoms with Gasteiger partial charge in [-0.1, -0.05) is 25.3 Å². The lowest BCUT2D eigenvalue weighted by Crippen LogP contribution is -2.39. The van der Waals surface area contributed by atoms with Crippen LogP contribution in [0.1, 0.15) is 19.8 Å². The van der Waals surface area contributed by atoms with Crippen LogP contribution in [0.4, 0.5) is 5.82 Å². The van der Waals surface area contributed by atoms with E-state index in [0.717, 1.165) is 35.6 Å². The first-order chi connectivity index (χ1) is 14.5. The Morgan fingerprint density at radius 2 is 2.07 bits per heavy atom. The normalized spacial score (nSPS) is 17.0. The molecule has 3 N–H and O–H groups in total. The number of imidazole rings is 1. The lowest BCUT2D eigenvalue weighted by atomic mass is 9.99. The van der Waals surface area contributed by atoms with E-state index in [1.165, 1.54) is 11.9 Å². The fourth-order valence-corrected chi connectivity index (χ4v) is 3.77. The van der Waals surface area contributed by atoms with Crippen molar-refractivity contribution in [1.82, 2.24) is 24.4 Å². The largest absolute Gasteiger partial charge is 0.392 e. The highest BCUT2D eigenvalue weighted by molar-refractivity contribution is 5.89. The van der Waals surface area contributed by atoms with Gasteiger partial charge in [-0.05, 0) is 37.0 Å². The van der Waals surface area contributed by atoms with Crippen LogP contribution in [0.25, 0.3) is 11.2 Å². The van der Waals surface area contributed by atoms with E-state index in [1.807, 2.05) is 4.57 Å². The quantitative estimate of drug-likeness (QED) is 0.768. The van der Waals surface area contributed by atoms with Gasteiger partial charge >= 0.3 is 0 Å². The van der Waals surface area contributed by atoms with E-state index in [1.54, 1.807) is 12.4 Å². The summed E-state index contributed by atoms with van der Waals surface area (Å²) in [6.07, 6.45) is 11.3. The number of allylic oxidation sites excluding steroid dienone is 4. The minimum absolute atomic E-state index is 0.123. The van der Waals surface area contributed by atoms with Gasteiger partial charge < -0.3 is 20.3 Å². The zero-order chi connectivity index (χ0) is 21.3. The van der Waals surface area contributed by atoms with Crippen molar-refractivity contribution in [3.8, 4) is 0 Å². The number of nitrogens with two attached hydrogens (primary N) is 1. The first-order valence-electron chi connectivity index (χ1n) is 9.81. The van der Waals surface area contributed by atoms with Gasteiger partial charge in [0.1, 0.15) is 17.7 Å². The molecule has 1 aliphatic heterocycles. The van der Waals surface area contributed by atoms with E-state index in [2.05, 4.69) is 52.1 Å². The van der Waals surface area contributed by atoms with Crippen molar-refractivity contribution in [3.63, 3.8) is 0 Å². The summed E-state index contributed by atoms with van der Waals surface area (Å²) in [5, 5.41) is 9.67. The standard InChI is InChI=1S/C22H25N7O/c1-4-17-16(15(3)11-30)9-29(18-8-6-5-7-14(18)2)19(27-17)10-28-13-26-20-21(23)24-12-25-22(20)28/h4,7-8,12-13,30H,1,3,5-6,9-11H2,2H3,(H2,23,24,25). The van der Waals surface area contributed by atoms with Gasteiger partial charge in [0.05, 0.1) is 31.7 Å². The fourth-order valence-electron chi connectivity index (χ4n) is 3.77. The molecule has 0 fully saturated rings. The molecular formula is C22H25N7O. The molecule has 30 heavy (non-hydrogen) atoms. The molecule has 0 amide bonds. The number of hydrogen-bond donors (Lipinski definition) is 2. The zero-order valence-corrected chi connectivity index (χ0v) is 17.0. The summed E-state index contributed by atoms with van der Waals surface area (Å²) in [5.41, 5.74) is 11.7. The van der Waals surface area contributed by atoms with E-state index in [-0.39, 0.29) is 6.61 Å². The van der Waals surface area contributed by atoms with Crippen molar-refractivity contribution in [2.45, 2.75) is 26.3 Å². The van der Waals surface area contributed by atoms with Crippen molar-refractivity contribution >= 4 is 22.8 Å². The molecule has 0 radical (unpaired) electrons.